The van der Waals surface area contributed by atoms with Gasteiger partial charge in [0.05, 0.1) is 0 Å². The molecule has 0 aromatic rings. The molecule has 0 heterocycles. The number of rotatable bonds is 12. The van der Waals surface area contributed by atoms with Crippen LogP contribution in [0.4, 0.5) is 0 Å². The Labute approximate surface area is 248 Å². The van der Waals surface area contributed by atoms with Crippen molar-refractivity contribution in [1.29, 1.82) is 0 Å². The van der Waals surface area contributed by atoms with Crippen molar-refractivity contribution in [2.24, 2.45) is 0 Å². The zero-order valence-corrected chi connectivity index (χ0v) is 25.0. The molecule has 0 aliphatic carbocycles. The number of hydrogen-bond donors (Lipinski definition) is 0. The van der Waals surface area contributed by atoms with E-state index < -0.39 is 76.7 Å². The van der Waals surface area contributed by atoms with Crippen LogP contribution in [0.2, 0.25) is 0 Å². The fourth-order valence-corrected chi connectivity index (χ4v) is 2.17. The summed E-state index contributed by atoms with van der Waals surface area (Å²) in [6, 6.07) is 0. The molecule has 0 amide bonds. The van der Waals surface area contributed by atoms with Crippen LogP contribution in [-0.2, 0) is 67.3 Å². The topological polar surface area (TPSA) is 238 Å². The normalized spacial score (nSPS) is 11.1. The SMILES string of the molecule is C.CC(=O)OCC(COC(C)=O)OS(=O)(=O)[O-].CC(=O)OCC(COS(=O)(=O)[O-])OC(C)=O.[Na+].[Na+]. The molecule has 196 valence electrons. The van der Waals surface area contributed by atoms with E-state index in [0.29, 0.717) is 0 Å². The third-order valence-electron chi connectivity index (χ3n) is 2.40. The minimum absolute atomic E-state index is 0. The van der Waals surface area contributed by atoms with Crippen LogP contribution in [0.3, 0.4) is 0 Å². The molecule has 16 nitrogen and oxygen atoms in total. The minimum Gasteiger partial charge on any atom is -0.726 e. The minimum atomic E-state index is -4.95. The first-order valence-corrected chi connectivity index (χ1v) is 10.9. The van der Waals surface area contributed by atoms with Crippen LogP contribution in [-0.4, -0.2) is 88.5 Å². The summed E-state index contributed by atoms with van der Waals surface area (Å²) in [5.74, 6) is -2.72. The van der Waals surface area contributed by atoms with Gasteiger partial charge in [-0.2, -0.15) is 0 Å². The molecule has 20 heteroatoms. The van der Waals surface area contributed by atoms with Crippen molar-refractivity contribution in [2.75, 3.05) is 26.4 Å². The van der Waals surface area contributed by atoms with E-state index in [9.17, 15) is 45.1 Å². The number of hydrogen-bond acceptors (Lipinski definition) is 16. The first-order valence-electron chi connectivity index (χ1n) is 8.23. The molecule has 0 aromatic heterocycles. The van der Waals surface area contributed by atoms with E-state index >= 15 is 0 Å². The van der Waals surface area contributed by atoms with Crippen LogP contribution in [0.5, 0.6) is 0 Å². The fourth-order valence-electron chi connectivity index (χ4n) is 1.41. The van der Waals surface area contributed by atoms with E-state index in [1.165, 1.54) is 0 Å². The predicted octanol–water partition coefficient (Wildman–Crippen LogP) is -7.44. The number of carbonyl (C=O) groups is 4. The predicted molar refractivity (Wildman–Crippen MR) is 102 cm³/mol. The molecule has 0 spiro atoms. The van der Waals surface area contributed by atoms with Crippen LogP contribution >= 0.6 is 0 Å². The molecule has 0 aliphatic heterocycles. The Hall–Kier alpha value is -0.380. The fraction of sp³-hybridized carbons (Fsp3) is 0.733. The van der Waals surface area contributed by atoms with Gasteiger partial charge in [0.1, 0.15) is 32.5 Å². The summed E-state index contributed by atoms with van der Waals surface area (Å²) in [6.07, 6.45) is -2.47. The van der Waals surface area contributed by atoms with Crippen molar-refractivity contribution in [3.63, 3.8) is 0 Å². The summed E-state index contributed by atoms with van der Waals surface area (Å²) in [7, 11) is -9.83. The molecule has 1 unspecified atom stereocenters. The number of ether oxygens (including phenoxy) is 4. The van der Waals surface area contributed by atoms with E-state index in [1.54, 1.807) is 0 Å². The summed E-state index contributed by atoms with van der Waals surface area (Å²) in [4.78, 5) is 41.9. The first-order chi connectivity index (χ1) is 14.4. The van der Waals surface area contributed by atoms with E-state index in [0.717, 1.165) is 27.7 Å². The van der Waals surface area contributed by atoms with E-state index in [4.69, 9.17) is 0 Å². The zero-order chi connectivity index (χ0) is 25.5. The van der Waals surface area contributed by atoms with Gasteiger partial charge in [-0.15, -0.1) is 0 Å². The van der Waals surface area contributed by atoms with Gasteiger partial charge < -0.3 is 28.1 Å². The van der Waals surface area contributed by atoms with Crippen LogP contribution in [0.1, 0.15) is 35.1 Å². The summed E-state index contributed by atoms with van der Waals surface area (Å²) in [5.41, 5.74) is 0. The first kappa shape index (κ1) is 44.6. The Kier molecular flexibility index (Phi) is 29.0. The van der Waals surface area contributed by atoms with E-state index in [1.807, 2.05) is 0 Å². The van der Waals surface area contributed by atoms with Gasteiger partial charge in [0.25, 0.3) is 0 Å². The van der Waals surface area contributed by atoms with E-state index in [-0.39, 0.29) is 73.1 Å². The molecule has 0 aliphatic rings. The van der Waals surface area contributed by atoms with Gasteiger partial charge in [-0.25, -0.2) is 16.8 Å². The molecule has 0 bridgehead atoms. The van der Waals surface area contributed by atoms with Crippen molar-refractivity contribution in [1.82, 2.24) is 0 Å². The maximum absolute atomic E-state index is 10.6. The number of carbonyl (C=O) groups excluding carboxylic acids is 4. The molecule has 35 heavy (non-hydrogen) atoms. The average molecular weight is 572 g/mol. The molecular formula is C15H26Na2O16S2. The standard InChI is InChI=1S/2C7H12O8S.CH4.2Na/c1-5(8)13-3-7(15-6(2)9)4-14-16(10,11)12;1-5(8)13-3-7(4-14-6(2)9)15-16(10,11)12;;;/h2*7H,3-4H2,1-2H3,(H,10,11,12);1H4;;/q;;;2*+1/p-2. The molecule has 0 saturated carbocycles. The largest absolute Gasteiger partial charge is 1.00 e. The molecule has 0 radical (unpaired) electrons. The Morgan fingerprint density at radius 1 is 0.629 bits per heavy atom. The van der Waals surface area contributed by atoms with Crippen LogP contribution in [0.25, 0.3) is 0 Å². The zero-order valence-electron chi connectivity index (χ0n) is 19.3. The van der Waals surface area contributed by atoms with Gasteiger partial charge in [-0.05, 0) is 0 Å². The van der Waals surface area contributed by atoms with Crippen molar-refractivity contribution in [3.05, 3.63) is 0 Å². The van der Waals surface area contributed by atoms with Gasteiger partial charge >= 0.3 is 83.0 Å². The third-order valence-corrected chi connectivity index (χ3v) is 3.33. The Morgan fingerprint density at radius 3 is 1.23 bits per heavy atom. The maximum atomic E-state index is 10.6. The number of esters is 4. The second kappa shape index (κ2) is 22.8. The molecule has 0 aromatic carbocycles. The summed E-state index contributed by atoms with van der Waals surface area (Å²) >= 11 is 0. The average Bonchev–Trinajstić information content (AvgIpc) is 2.58. The summed E-state index contributed by atoms with van der Waals surface area (Å²) in [6.45, 7) is 2.31. The molecule has 0 saturated heterocycles. The van der Waals surface area contributed by atoms with Crippen LogP contribution < -0.4 is 59.1 Å². The second-order valence-corrected chi connectivity index (χ2v) is 7.52. The monoisotopic (exact) mass is 572 g/mol. The van der Waals surface area contributed by atoms with Gasteiger partial charge in [0.2, 0.25) is 20.8 Å². The summed E-state index contributed by atoms with van der Waals surface area (Å²) < 4.78 is 87.0. The van der Waals surface area contributed by atoms with Gasteiger partial charge in [-0.3, -0.25) is 27.5 Å². The van der Waals surface area contributed by atoms with Crippen molar-refractivity contribution >= 4 is 44.7 Å². The third kappa shape index (κ3) is 38.3. The van der Waals surface area contributed by atoms with Gasteiger partial charge in [-0.1, -0.05) is 7.43 Å². The van der Waals surface area contributed by atoms with E-state index in [2.05, 4.69) is 27.3 Å². The molecule has 0 fully saturated rings. The van der Waals surface area contributed by atoms with Crippen molar-refractivity contribution in [3.8, 4) is 0 Å². The Bertz CT molecular complexity index is 825. The molecule has 0 N–H and O–H groups in total. The van der Waals surface area contributed by atoms with Crippen LogP contribution in [0, 0.1) is 0 Å². The Balaban J connectivity index is -0.000000158. The molecular weight excluding hydrogens is 546 g/mol. The Morgan fingerprint density at radius 2 is 0.971 bits per heavy atom. The maximum Gasteiger partial charge on any atom is 1.00 e. The smallest absolute Gasteiger partial charge is 0.726 e. The summed E-state index contributed by atoms with van der Waals surface area (Å²) in [5, 5.41) is 0. The van der Waals surface area contributed by atoms with Gasteiger partial charge in [0, 0.05) is 27.7 Å². The second-order valence-electron chi connectivity index (χ2n) is 5.46. The van der Waals surface area contributed by atoms with Crippen molar-refractivity contribution < 1.29 is 132 Å². The molecule has 1 atom stereocenters. The van der Waals surface area contributed by atoms with Gasteiger partial charge in [0.15, 0.2) is 6.10 Å². The van der Waals surface area contributed by atoms with Crippen LogP contribution in [0.15, 0.2) is 0 Å². The quantitative estimate of drug-likeness (QED) is 0.0693. The van der Waals surface area contributed by atoms with Crippen molar-refractivity contribution in [2.45, 2.75) is 47.3 Å². The molecule has 0 rings (SSSR count).